The highest BCUT2D eigenvalue weighted by molar-refractivity contribution is 9.08. The predicted molar refractivity (Wildman–Crippen MR) is 75.4 cm³/mol. The van der Waals surface area contributed by atoms with Crippen molar-refractivity contribution >= 4 is 27.9 Å². The van der Waals surface area contributed by atoms with Gasteiger partial charge in [0.25, 0.3) is 5.91 Å². The Morgan fingerprint density at radius 2 is 2.00 bits per heavy atom. The summed E-state index contributed by atoms with van der Waals surface area (Å²) in [5.74, 6) is 0.376. The lowest BCUT2D eigenvalue weighted by Crippen LogP contribution is -2.12. The van der Waals surface area contributed by atoms with Gasteiger partial charge in [-0.3, -0.25) is 10.1 Å². The first-order chi connectivity index (χ1) is 9.10. The van der Waals surface area contributed by atoms with E-state index in [1.165, 1.54) is 0 Å². The number of amides is 1. The van der Waals surface area contributed by atoms with Gasteiger partial charge in [-0.05, 0) is 17.7 Å². The van der Waals surface area contributed by atoms with E-state index in [-0.39, 0.29) is 17.8 Å². The molecule has 1 heterocycles. The number of anilines is 1. The second-order valence-corrected chi connectivity index (χ2v) is 4.95. The molecule has 1 aromatic carbocycles. The Hall–Kier alpha value is -1.69. The average molecular weight is 324 g/mol. The number of benzene rings is 1. The molecule has 0 saturated carbocycles. The van der Waals surface area contributed by atoms with Crippen LogP contribution in [0.2, 0.25) is 0 Å². The number of hydrogen-bond donors (Lipinski definition) is 1. The summed E-state index contributed by atoms with van der Waals surface area (Å²) in [5, 5.41) is 11.0. The first-order valence-corrected chi connectivity index (χ1v) is 7.02. The number of alkyl halides is 1. The number of hydrogen-bond acceptors (Lipinski definition) is 4. The molecule has 0 bridgehead atoms. The number of carbonyl (C=O) groups is 1. The number of halogens is 1. The molecule has 5 nitrogen and oxygen atoms in total. The van der Waals surface area contributed by atoms with E-state index in [1.54, 1.807) is 12.1 Å². The van der Waals surface area contributed by atoms with Crippen molar-refractivity contribution in [2.24, 2.45) is 0 Å². The summed E-state index contributed by atoms with van der Waals surface area (Å²) in [4.78, 5) is 11.9. The van der Waals surface area contributed by atoms with Gasteiger partial charge in [0, 0.05) is 16.8 Å². The van der Waals surface area contributed by atoms with Crippen molar-refractivity contribution in [2.75, 3.05) is 5.32 Å². The standard InChI is InChI=1S/C13H14BrN3O2/c1-8(2)12-16-17-13(19-12)15-11(18)10-5-3-9(7-14)4-6-10/h3-6,8H,7H2,1-2H3,(H,15,17,18). The van der Waals surface area contributed by atoms with Crippen molar-refractivity contribution in [2.45, 2.75) is 25.1 Å². The van der Waals surface area contributed by atoms with E-state index in [4.69, 9.17) is 4.42 Å². The third kappa shape index (κ3) is 3.41. The maximum atomic E-state index is 11.9. The summed E-state index contributed by atoms with van der Waals surface area (Å²) < 4.78 is 5.32. The average Bonchev–Trinajstić information content (AvgIpc) is 2.87. The molecule has 0 aliphatic heterocycles. The minimum Gasteiger partial charge on any atom is -0.408 e. The van der Waals surface area contributed by atoms with Crippen LogP contribution in [0.4, 0.5) is 6.01 Å². The summed E-state index contributed by atoms with van der Waals surface area (Å²) in [6.07, 6.45) is 0. The largest absolute Gasteiger partial charge is 0.408 e. The molecule has 0 radical (unpaired) electrons. The molecule has 2 aromatic rings. The number of aromatic nitrogens is 2. The monoisotopic (exact) mass is 323 g/mol. The molecule has 0 saturated heterocycles. The van der Waals surface area contributed by atoms with Gasteiger partial charge in [-0.2, -0.15) is 0 Å². The molecule has 0 fully saturated rings. The maximum Gasteiger partial charge on any atom is 0.322 e. The first-order valence-electron chi connectivity index (χ1n) is 5.90. The molecule has 0 atom stereocenters. The van der Waals surface area contributed by atoms with E-state index in [9.17, 15) is 4.79 Å². The molecule has 2 rings (SSSR count). The fraction of sp³-hybridized carbons (Fsp3) is 0.308. The van der Waals surface area contributed by atoms with Crippen molar-refractivity contribution in [3.8, 4) is 0 Å². The predicted octanol–water partition coefficient (Wildman–Crippen LogP) is 3.34. The lowest BCUT2D eigenvalue weighted by molar-refractivity contribution is 0.102. The summed E-state index contributed by atoms with van der Waals surface area (Å²) >= 11 is 3.36. The van der Waals surface area contributed by atoms with E-state index in [0.717, 1.165) is 10.9 Å². The molecule has 6 heteroatoms. The summed E-state index contributed by atoms with van der Waals surface area (Å²) in [6, 6.07) is 7.41. The van der Waals surface area contributed by atoms with Crippen LogP contribution in [0.15, 0.2) is 28.7 Å². The molecule has 0 unspecified atom stereocenters. The smallest absolute Gasteiger partial charge is 0.322 e. The lowest BCUT2D eigenvalue weighted by Gasteiger charge is -2.01. The first kappa shape index (κ1) is 13.7. The van der Waals surface area contributed by atoms with Crippen molar-refractivity contribution in [3.05, 3.63) is 41.3 Å². The summed E-state index contributed by atoms with van der Waals surface area (Å²) in [7, 11) is 0. The topological polar surface area (TPSA) is 68.0 Å². The van der Waals surface area contributed by atoms with Gasteiger partial charge < -0.3 is 4.42 Å². The minimum atomic E-state index is -0.264. The van der Waals surface area contributed by atoms with Gasteiger partial charge in [0.15, 0.2) is 0 Å². The highest BCUT2D eigenvalue weighted by Crippen LogP contribution is 2.15. The Morgan fingerprint density at radius 3 is 2.53 bits per heavy atom. The van der Waals surface area contributed by atoms with Crippen molar-refractivity contribution in [1.82, 2.24) is 10.2 Å². The number of rotatable bonds is 4. The molecule has 1 aromatic heterocycles. The maximum absolute atomic E-state index is 11.9. The van der Waals surface area contributed by atoms with Crippen LogP contribution in [0.5, 0.6) is 0 Å². The van der Waals surface area contributed by atoms with E-state index in [2.05, 4.69) is 31.4 Å². The van der Waals surface area contributed by atoms with Crippen LogP contribution in [-0.2, 0) is 5.33 Å². The van der Waals surface area contributed by atoms with E-state index in [0.29, 0.717) is 11.5 Å². The van der Waals surface area contributed by atoms with E-state index < -0.39 is 0 Å². The Balaban J connectivity index is 2.06. The highest BCUT2D eigenvalue weighted by atomic mass is 79.9. The molecular weight excluding hydrogens is 310 g/mol. The normalized spacial score (nSPS) is 10.7. The van der Waals surface area contributed by atoms with Gasteiger partial charge in [-0.25, -0.2) is 0 Å². The van der Waals surface area contributed by atoms with Gasteiger partial charge in [0.2, 0.25) is 5.89 Å². The quantitative estimate of drug-likeness (QED) is 0.876. The van der Waals surface area contributed by atoms with Crippen LogP contribution in [0.3, 0.4) is 0 Å². The van der Waals surface area contributed by atoms with Crippen LogP contribution >= 0.6 is 15.9 Å². The Bertz CT molecular complexity index is 564. The van der Waals surface area contributed by atoms with Gasteiger partial charge in [0.1, 0.15) is 0 Å². The van der Waals surface area contributed by atoms with Crippen LogP contribution < -0.4 is 5.32 Å². The Morgan fingerprint density at radius 1 is 1.32 bits per heavy atom. The van der Waals surface area contributed by atoms with Crippen LogP contribution in [-0.4, -0.2) is 16.1 Å². The van der Waals surface area contributed by atoms with Crippen LogP contribution in [0.25, 0.3) is 0 Å². The molecule has 1 amide bonds. The van der Waals surface area contributed by atoms with E-state index >= 15 is 0 Å². The zero-order valence-electron chi connectivity index (χ0n) is 10.7. The third-order valence-electron chi connectivity index (χ3n) is 2.53. The number of carbonyl (C=O) groups excluding carboxylic acids is 1. The zero-order chi connectivity index (χ0) is 13.8. The van der Waals surface area contributed by atoms with Gasteiger partial charge in [0.05, 0.1) is 0 Å². The second-order valence-electron chi connectivity index (χ2n) is 4.38. The van der Waals surface area contributed by atoms with Crippen LogP contribution in [0.1, 0.15) is 41.6 Å². The molecular formula is C13H14BrN3O2. The molecule has 0 aliphatic rings. The van der Waals surface area contributed by atoms with Gasteiger partial charge in [-0.15, -0.1) is 5.10 Å². The fourth-order valence-corrected chi connectivity index (χ4v) is 1.81. The molecule has 0 aliphatic carbocycles. The Kier molecular flexibility index (Phi) is 4.31. The molecule has 100 valence electrons. The SMILES string of the molecule is CC(C)c1nnc(NC(=O)c2ccc(CBr)cc2)o1. The lowest BCUT2D eigenvalue weighted by atomic mass is 10.1. The number of nitrogens with one attached hydrogen (secondary N) is 1. The van der Waals surface area contributed by atoms with Crippen molar-refractivity contribution in [3.63, 3.8) is 0 Å². The molecule has 0 spiro atoms. The van der Waals surface area contributed by atoms with E-state index in [1.807, 2.05) is 26.0 Å². The molecule has 19 heavy (non-hydrogen) atoms. The fourth-order valence-electron chi connectivity index (χ4n) is 1.43. The second kappa shape index (κ2) is 5.97. The van der Waals surface area contributed by atoms with Crippen molar-refractivity contribution < 1.29 is 9.21 Å². The highest BCUT2D eigenvalue weighted by Gasteiger charge is 2.13. The van der Waals surface area contributed by atoms with Crippen LogP contribution in [0, 0.1) is 0 Å². The summed E-state index contributed by atoms with van der Waals surface area (Å²) in [5.41, 5.74) is 1.66. The molecule has 1 N–H and O–H groups in total. The summed E-state index contributed by atoms with van der Waals surface area (Å²) in [6.45, 7) is 3.89. The van der Waals surface area contributed by atoms with Gasteiger partial charge >= 0.3 is 6.01 Å². The Labute approximate surface area is 119 Å². The minimum absolute atomic E-state index is 0.123. The third-order valence-corrected chi connectivity index (χ3v) is 3.17. The van der Waals surface area contributed by atoms with Crippen molar-refractivity contribution in [1.29, 1.82) is 0 Å². The number of nitrogens with zero attached hydrogens (tertiary/aromatic N) is 2. The van der Waals surface area contributed by atoms with Gasteiger partial charge in [-0.1, -0.05) is 47.0 Å². The zero-order valence-corrected chi connectivity index (χ0v) is 12.3.